The Hall–Kier alpha value is -2.05. The van der Waals surface area contributed by atoms with Crippen molar-refractivity contribution >= 4 is 0 Å². The van der Waals surface area contributed by atoms with E-state index >= 15 is 0 Å². The fraction of sp³-hybridized carbons (Fsp3) is 0.444. The zero-order valence-electron chi connectivity index (χ0n) is 13.4. The van der Waals surface area contributed by atoms with Crippen molar-refractivity contribution in [1.82, 2.24) is 14.9 Å². The zero-order valence-corrected chi connectivity index (χ0v) is 13.4. The Morgan fingerprint density at radius 3 is 2.88 bits per heavy atom. The fourth-order valence-corrected chi connectivity index (χ4v) is 3.60. The van der Waals surface area contributed by atoms with E-state index in [0.29, 0.717) is 6.61 Å². The third kappa shape index (κ3) is 2.99. The van der Waals surface area contributed by atoms with Gasteiger partial charge in [-0.05, 0) is 36.2 Å². The SMILES string of the molecule is Fc1cccnc1OCC1CCOC12CN(Cc1ccncc1)C2. The van der Waals surface area contributed by atoms with E-state index < -0.39 is 5.82 Å². The van der Waals surface area contributed by atoms with E-state index in [0.717, 1.165) is 32.7 Å². The fourth-order valence-electron chi connectivity index (χ4n) is 3.60. The predicted octanol–water partition coefficient (Wildman–Crippen LogP) is 2.29. The number of rotatable bonds is 5. The van der Waals surface area contributed by atoms with E-state index in [1.165, 1.54) is 11.6 Å². The van der Waals surface area contributed by atoms with Crippen molar-refractivity contribution in [2.45, 2.75) is 18.6 Å². The maximum Gasteiger partial charge on any atom is 0.250 e. The van der Waals surface area contributed by atoms with Gasteiger partial charge in [-0.25, -0.2) is 9.37 Å². The molecule has 0 saturated carbocycles. The molecular formula is C18H20FN3O2. The smallest absolute Gasteiger partial charge is 0.250 e. The molecule has 126 valence electrons. The van der Waals surface area contributed by atoms with Crippen molar-refractivity contribution in [3.63, 3.8) is 0 Å². The molecule has 2 aromatic rings. The van der Waals surface area contributed by atoms with Crippen molar-refractivity contribution in [3.05, 3.63) is 54.2 Å². The standard InChI is InChI=1S/C18H20FN3O2/c19-16-2-1-6-21-17(16)23-11-15-5-9-24-18(15)12-22(13-18)10-14-3-7-20-8-4-14/h1-4,6-8,15H,5,9-13H2. The van der Waals surface area contributed by atoms with Gasteiger partial charge in [-0.3, -0.25) is 9.88 Å². The van der Waals surface area contributed by atoms with Crippen LogP contribution in [0.15, 0.2) is 42.9 Å². The van der Waals surface area contributed by atoms with Crippen LogP contribution < -0.4 is 4.74 Å². The summed E-state index contributed by atoms with van der Waals surface area (Å²) in [6.45, 7) is 3.84. The van der Waals surface area contributed by atoms with Crippen LogP contribution >= 0.6 is 0 Å². The maximum absolute atomic E-state index is 13.6. The van der Waals surface area contributed by atoms with Gasteiger partial charge < -0.3 is 9.47 Å². The average molecular weight is 329 g/mol. The molecule has 24 heavy (non-hydrogen) atoms. The van der Waals surface area contributed by atoms with E-state index in [2.05, 4.69) is 14.9 Å². The summed E-state index contributed by atoms with van der Waals surface area (Å²) < 4.78 is 25.3. The van der Waals surface area contributed by atoms with Crippen LogP contribution in [0.25, 0.3) is 0 Å². The van der Waals surface area contributed by atoms with Crippen LogP contribution in [0.4, 0.5) is 4.39 Å². The van der Waals surface area contributed by atoms with Crippen molar-refractivity contribution in [3.8, 4) is 5.88 Å². The third-order valence-electron chi connectivity index (χ3n) is 4.88. The highest BCUT2D eigenvalue weighted by Crippen LogP contribution is 2.40. The Kier molecular flexibility index (Phi) is 4.16. The Balaban J connectivity index is 1.34. The molecule has 2 aliphatic heterocycles. The average Bonchev–Trinajstić information content (AvgIpc) is 2.99. The maximum atomic E-state index is 13.6. The molecule has 4 heterocycles. The van der Waals surface area contributed by atoms with Gasteiger partial charge in [0.05, 0.1) is 12.2 Å². The Labute approximate surface area is 140 Å². The summed E-state index contributed by atoms with van der Waals surface area (Å²) in [5, 5.41) is 0. The zero-order chi connectivity index (χ0) is 16.4. The van der Waals surface area contributed by atoms with E-state index in [1.54, 1.807) is 12.3 Å². The number of nitrogens with zero attached hydrogens (tertiary/aromatic N) is 3. The molecule has 1 atom stereocenters. The Bertz CT molecular complexity index is 692. The monoisotopic (exact) mass is 329 g/mol. The van der Waals surface area contributed by atoms with Gasteiger partial charge in [-0.15, -0.1) is 0 Å². The Morgan fingerprint density at radius 2 is 2.08 bits per heavy atom. The van der Waals surface area contributed by atoms with Gasteiger partial charge in [-0.1, -0.05) is 0 Å². The summed E-state index contributed by atoms with van der Waals surface area (Å²) in [6, 6.07) is 6.99. The first-order valence-corrected chi connectivity index (χ1v) is 8.24. The minimum Gasteiger partial charge on any atom is -0.475 e. The highest BCUT2D eigenvalue weighted by molar-refractivity contribution is 5.15. The van der Waals surface area contributed by atoms with E-state index in [-0.39, 0.29) is 17.4 Å². The molecule has 0 N–H and O–H groups in total. The first-order chi connectivity index (χ1) is 11.8. The number of likely N-dealkylation sites (tertiary alicyclic amines) is 1. The minimum absolute atomic E-state index is 0.0764. The van der Waals surface area contributed by atoms with Gasteiger partial charge in [-0.2, -0.15) is 0 Å². The number of hydrogen-bond acceptors (Lipinski definition) is 5. The number of hydrogen-bond donors (Lipinski definition) is 0. The van der Waals surface area contributed by atoms with Gasteiger partial charge in [0.15, 0.2) is 5.82 Å². The highest BCUT2D eigenvalue weighted by Gasteiger charge is 2.53. The lowest BCUT2D eigenvalue weighted by Crippen LogP contribution is -2.64. The van der Waals surface area contributed by atoms with Crippen LogP contribution in [0.3, 0.4) is 0 Å². The molecule has 0 aromatic carbocycles. The van der Waals surface area contributed by atoms with Crippen molar-refractivity contribution in [2.24, 2.45) is 5.92 Å². The molecule has 6 heteroatoms. The van der Waals surface area contributed by atoms with Gasteiger partial charge in [0.1, 0.15) is 0 Å². The van der Waals surface area contributed by atoms with E-state index in [9.17, 15) is 4.39 Å². The topological polar surface area (TPSA) is 47.5 Å². The van der Waals surface area contributed by atoms with Crippen molar-refractivity contribution < 1.29 is 13.9 Å². The van der Waals surface area contributed by atoms with Gasteiger partial charge >= 0.3 is 0 Å². The lowest BCUT2D eigenvalue weighted by Gasteiger charge is -2.50. The predicted molar refractivity (Wildman–Crippen MR) is 86.0 cm³/mol. The summed E-state index contributed by atoms with van der Waals surface area (Å²) >= 11 is 0. The molecule has 5 nitrogen and oxygen atoms in total. The summed E-state index contributed by atoms with van der Waals surface area (Å²) in [6.07, 6.45) is 6.11. The van der Waals surface area contributed by atoms with Crippen molar-refractivity contribution in [1.29, 1.82) is 0 Å². The molecule has 0 aliphatic carbocycles. The summed E-state index contributed by atoms with van der Waals surface area (Å²) in [7, 11) is 0. The first-order valence-electron chi connectivity index (χ1n) is 8.24. The second-order valence-corrected chi connectivity index (χ2v) is 6.50. The summed E-state index contributed by atoms with van der Waals surface area (Å²) in [5.41, 5.74) is 1.10. The highest BCUT2D eigenvalue weighted by atomic mass is 19.1. The van der Waals surface area contributed by atoms with Crippen LogP contribution in [0.5, 0.6) is 5.88 Å². The molecule has 2 saturated heterocycles. The van der Waals surface area contributed by atoms with Crippen LogP contribution in [0.2, 0.25) is 0 Å². The quantitative estimate of drug-likeness (QED) is 0.842. The second-order valence-electron chi connectivity index (χ2n) is 6.50. The van der Waals surface area contributed by atoms with Gasteiger partial charge in [0, 0.05) is 50.7 Å². The minimum atomic E-state index is -0.418. The van der Waals surface area contributed by atoms with Crippen molar-refractivity contribution in [2.75, 3.05) is 26.3 Å². The molecule has 4 rings (SSSR count). The second kappa shape index (κ2) is 6.45. The number of pyridine rings is 2. The van der Waals surface area contributed by atoms with E-state index in [4.69, 9.17) is 9.47 Å². The number of aromatic nitrogens is 2. The Morgan fingerprint density at radius 1 is 1.25 bits per heavy atom. The van der Waals surface area contributed by atoms with Crippen LogP contribution in [0.1, 0.15) is 12.0 Å². The molecule has 2 fully saturated rings. The summed E-state index contributed by atoms with van der Waals surface area (Å²) in [4.78, 5) is 10.3. The lowest BCUT2D eigenvalue weighted by molar-refractivity contribution is -0.140. The van der Waals surface area contributed by atoms with Gasteiger partial charge in [0.25, 0.3) is 0 Å². The molecule has 2 aromatic heterocycles. The van der Waals surface area contributed by atoms with Crippen LogP contribution in [-0.2, 0) is 11.3 Å². The third-order valence-corrected chi connectivity index (χ3v) is 4.88. The normalized spacial score (nSPS) is 22.5. The molecule has 0 bridgehead atoms. The number of ether oxygens (including phenoxy) is 2. The van der Waals surface area contributed by atoms with Crippen LogP contribution in [-0.4, -0.2) is 46.8 Å². The molecule has 1 unspecified atom stereocenters. The van der Waals surface area contributed by atoms with Crippen LogP contribution in [0, 0.1) is 11.7 Å². The molecule has 1 spiro atoms. The molecule has 2 aliphatic rings. The molecule has 0 radical (unpaired) electrons. The van der Waals surface area contributed by atoms with E-state index in [1.807, 2.05) is 24.5 Å². The molecular weight excluding hydrogens is 309 g/mol. The first kappa shape index (κ1) is 15.5. The lowest BCUT2D eigenvalue weighted by atomic mass is 9.81. The number of halogens is 1. The summed E-state index contributed by atoms with van der Waals surface area (Å²) in [5.74, 6) is -0.0708. The van der Waals surface area contributed by atoms with Gasteiger partial charge in [0.2, 0.25) is 5.88 Å². The largest absolute Gasteiger partial charge is 0.475 e. The molecule has 0 amide bonds.